The average Bonchev–Trinajstić information content (AvgIpc) is 2.37. The lowest BCUT2D eigenvalue weighted by Crippen LogP contribution is -2.27. The van der Waals surface area contributed by atoms with Crippen molar-refractivity contribution in [3.63, 3.8) is 0 Å². The maximum absolute atomic E-state index is 12.2. The van der Waals surface area contributed by atoms with Gasteiger partial charge in [0.1, 0.15) is 0 Å². The minimum atomic E-state index is -3.31. The third kappa shape index (κ3) is 3.82. The van der Waals surface area contributed by atoms with Gasteiger partial charge in [0.2, 0.25) is 10.0 Å². The normalized spacial score (nSPS) is 12.0. The van der Waals surface area contributed by atoms with E-state index in [2.05, 4.69) is 13.8 Å². The van der Waals surface area contributed by atoms with Crippen molar-refractivity contribution in [2.24, 2.45) is 0 Å². The van der Waals surface area contributed by atoms with Gasteiger partial charge in [-0.2, -0.15) is 0 Å². The van der Waals surface area contributed by atoms with Crippen LogP contribution in [0.3, 0.4) is 0 Å². The second-order valence-electron chi connectivity index (χ2n) is 4.57. The highest BCUT2D eigenvalue weighted by Gasteiger charge is 2.19. The predicted octanol–water partition coefficient (Wildman–Crippen LogP) is 3.06. The van der Waals surface area contributed by atoms with E-state index in [9.17, 15) is 8.42 Å². The van der Waals surface area contributed by atoms with Gasteiger partial charge < -0.3 is 0 Å². The van der Waals surface area contributed by atoms with E-state index in [1.807, 2.05) is 12.1 Å². The van der Waals surface area contributed by atoms with Crippen molar-refractivity contribution in [3.8, 4) is 0 Å². The first-order valence-electron chi connectivity index (χ1n) is 6.57. The average molecular weight is 269 g/mol. The van der Waals surface area contributed by atoms with Crippen LogP contribution in [-0.4, -0.2) is 26.3 Å². The third-order valence-electron chi connectivity index (χ3n) is 3.00. The molecule has 0 amide bonds. The molecule has 0 aliphatic heterocycles. The Hall–Kier alpha value is -0.870. The zero-order valence-corrected chi connectivity index (χ0v) is 12.3. The molecule has 0 N–H and O–H groups in total. The highest BCUT2D eigenvalue weighted by Crippen LogP contribution is 2.16. The molecule has 0 bridgehead atoms. The zero-order chi connectivity index (χ0) is 13.6. The van der Waals surface area contributed by atoms with Crippen LogP contribution in [-0.2, 0) is 16.4 Å². The molecule has 1 aromatic carbocycles. The van der Waals surface area contributed by atoms with Crippen LogP contribution in [0.4, 0.5) is 0 Å². The third-order valence-corrected chi connectivity index (χ3v) is 4.87. The molecule has 102 valence electrons. The number of nitrogens with zero attached hydrogens (tertiary/aromatic N) is 1. The number of benzene rings is 1. The molecule has 0 aliphatic rings. The number of unbranched alkanes of at least 4 members (excludes halogenated alkanes) is 1. The van der Waals surface area contributed by atoms with Crippen LogP contribution in [0, 0.1) is 0 Å². The van der Waals surface area contributed by atoms with Gasteiger partial charge in [-0.1, -0.05) is 38.8 Å². The molecule has 0 saturated carbocycles. The Labute approximate surface area is 111 Å². The molecule has 0 radical (unpaired) electrons. The van der Waals surface area contributed by atoms with Gasteiger partial charge in [0.15, 0.2) is 0 Å². The molecule has 0 fully saturated rings. The first kappa shape index (κ1) is 15.2. The van der Waals surface area contributed by atoms with Crippen LogP contribution in [0.2, 0.25) is 0 Å². The van der Waals surface area contributed by atoms with Crippen LogP contribution in [0.25, 0.3) is 0 Å². The van der Waals surface area contributed by atoms with E-state index in [-0.39, 0.29) is 0 Å². The van der Waals surface area contributed by atoms with Crippen molar-refractivity contribution >= 4 is 10.0 Å². The van der Waals surface area contributed by atoms with Crippen molar-refractivity contribution < 1.29 is 8.42 Å². The minimum Gasteiger partial charge on any atom is -0.207 e. The summed E-state index contributed by atoms with van der Waals surface area (Å²) in [6.07, 6.45) is 3.95. The quantitative estimate of drug-likeness (QED) is 0.763. The topological polar surface area (TPSA) is 37.4 Å². The molecule has 18 heavy (non-hydrogen) atoms. The first-order chi connectivity index (χ1) is 8.52. The zero-order valence-electron chi connectivity index (χ0n) is 11.5. The summed E-state index contributed by atoms with van der Waals surface area (Å²) in [5.74, 6) is 0. The summed E-state index contributed by atoms with van der Waals surface area (Å²) in [7, 11) is -1.67. The maximum atomic E-state index is 12.2. The van der Waals surface area contributed by atoms with Crippen LogP contribution in [0.1, 0.15) is 38.7 Å². The van der Waals surface area contributed by atoms with Crippen molar-refractivity contribution in [2.45, 2.75) is 44.4 Å². The Morgan fingerprint density at radius 1 is 1.06 bits per heavy atom. The molecule has 0 unspecified atom stereocenters. The van der Waals surface area contributed by atoms with Gasteiger partial charge in [-0.3, -0.25) is 0 Å². The Bertz CT molecular complexity index is 451. The fourth-order valence-corrected chi connectivity index (χ4v) is 3.01. The summed E-state index contributed by atoms with van der Waals surface area (Å²) in [6.45, 7) is 4.75. The van der Waals surface area contributed by atoms with Gasteiger partial charge in [0.25, 0.3) is 0 Å². The summed E-state index contributed by atoms with van der Waals surface area (Å²) >= 11 is 0. The summed E-state index contributed by atoms with van der Waals surface area (Å²) < 4.78 is 25.9. The largest absolute Gasteiger partial charge is 0.242 e. The van der Waals surface area contributed by atoms with E-state index in [1.54, 1.807) is 19.2 Å². The monoisotopic (exact) mass is 269 g/mol. The van der Waals surface area contributed by atoms with E-state index in [4.69, 9.17) is 0 Å². The number of sulfonamides is 1. The summed E-state index contributed by atoms with van der Waals surface area (Å²) in [6, 6.07) is 7.24. The second kappa shape index (κ2) is 6.90. The van der Waals surface area contributed by atoms with Crippen molar-refractivity contribution in [1.29, 1.82) is 0 Å². The lowest BCUT2D eigenvalue weighted by molar-refractivity contribution is 0.459. The summed E-state index contributed by atoms with van der Waals surface area (Å²) in [5.41, 5.74) is 1.19. The maximum Gasteiger partial charge on any atom is 0.242 e. The Balaban J connectivity index is 2.84. The highest BCUT2D eigenvalue weighted by atomic mass is 32.2. The molecule has 0 aromatic heterocycles. The molecular weight excluding hydrogens is 246 g/mol. The summed E-state index contributed by atoms with van der Waals surface area (Å²) in [5, 5.41) is 0. The number of hydrogen-bond acceptors (Lipinski definition) is 2. The molecule has 4 heteroatoms. The molecule has 0 spiro atoms. The van der Waals surface area contributed by atoms with Crippen molar-refractivity contribution in [3.05, 3.63) is 29.8 Å². The van der Waals surface area contributed by atoms with Gasteiger partial charge >= 0.3 is 0 Å². The fraction of sp³-hybridized carbons (Fsp3) is 0.571. The van der Waals surface area contributed by atoms with Crippen LogP contribution < -0.4 is 0 Å². The van der Waals surface area contributed by atoms with E-state index in [1.165, 1.54) is 9.87 Å². The molecule has 0 atom stereocenters. The van der Waals surface area contributed by atoms with Crippen molar-refractivity contribution in [2.75, 3.05) is 13.6 Å². The number of hydrogen-bond donors (Lipinski definition) is 0. The standard InChI is InChI=1S/C14H23NO2S/c1-4-6-12-15(3)18(16,17)14-10-8-13(7-5-2)9-11-14/h8-11H,4-7,12H2,1-3H3. The second-order valence-corrected chi connectivity index (χ2v) is 6.62. The molecular formula is C14H23NO2S. The van der Waals surface area contributed by atoms with E-state index in [0.717, 1.165) is 25.7 Å². The molecule has 1 aromatic rings. The SMILES string of the molecule is CCCCN(C)S(=O)(=O)c1ccc(CCC)cc1. The minimum absolute atomic E-state index is 0.390. The molecule has 0 saturated heterocycles. The van der Waals surface area contributed by atoms with Gasteiger partial charge in [-0.25, -0.2) is 12.7 Å². The number of aryl methyl sites for hydroxylation is 1. The molecule has 1 rings (SSSR count). The van der Waals surface area contributed by atoms with Crippen LogP contribution in [0.5, 0.6) is 0 Å². The lowest BCUT2D eigenvalue weighted by Gasteiger charge is -2.16. The first-order valence-corrected chi connectivity index (χ1v) is 8.01. The van der Waals surface area contributed by atoms with Crippen LogP contribution >= 0.6 is 0 Å². The smallest absolute Gasteiger partial charge is 0.207 e. The Morgan fingerprint density at radius 3 is 2.17 bits per heavy atom. The summed E-state index contributed by atoms with van der Waals surface area (Å²) in [4.78, 5) is 0.390. The van der Waals surface area contributed by atoms with E-state index >= 15 is 0 Å². The number of rotatable bonds is 7. The Kier molecular flexibility index (Phi) is 5.82. The van der Waals surface area contributed by atoms with Gasteiger partial charge in [-0.05, 0) is 30.5 Å². The Morgan fingerprint density at radius 2 is 1.67 bits per heavy atom. The van der Waals surface area contributed by atoms with Gasteiger partial charge in [-0.15, -0.1) is 0 Å². The molecule has 0 heterocycles. The van der Waals surface area contributed by atoms with Gasteiger partial charge in [0, 0.05) is 13.6 Å². The van der Waals surface area contributed by atoms with E-state index in [0.29, 0.717) is 11.4 Å². The molecule has 0 aliphatic carbocycles. The van der Waals surface area contributed by atoms with Crippen LogP contribution in [0.15, 0.2) is 29.2 Å². The van der Waals surface area contributed by atoms with Gasteiger partial charge in [0.05, 0.1) is 4.90 Å². The van der Waals surface area contributed by atoms with E-state index < -0.39 is 10.0 Å². The fourth-order valence-electron chi connectivity index (χ4n) is 1.80. The molecule has 3 nitrogen and oxygen atoms in total. The predicted molar refractivity (Wildman–Crippen MR) is 75.2 cm³/mol. The lowest BCUT2D eigenvalue weighted by atomic mass is 10.1. The highest BCUT2D eigenvalue weighted by molar-refractivity contribution is 7.89. The van der Waals surface area contributed by atoms with Crippen molar-refractivity contribution in [1.82, 2.24) is 4.31 Å².